The number of ether oxygens (including phenoxy) is 1. The van der Waals surface area contributed by atoms with Crippen molar-refractivity contribution in [2.24, 2.45) is 11.7 Å². The lowest BCUT2D eigenvalue weighted by molar-refractivity contribution is 0.0521. The van der Waals surface area contributed by atoms with Crippen molar-refractivity contribution in [2.75, 3.05) is 6.54 Å². The van der Waals surface area contributed by atoms with Gasteiger partial charge < -0.3 is 15.8 Å². The van der Waals surface area contributed by atoms with Crippen LogP contribution in [0, 0.1) is 5.92 Å². The molecule has 1 aliphatic rings. The molecule has 0 heterocycles. The van der Waals surface area contributed by atoms with Gasteiger partial charge in [-0.2, -0.15) is 0 Å². The van der Waals surface area contributed by atoms with Gasteiger partial charge in [0.1, 0.15) is 5.60 Å². The lowest BCUT2D eigenvalue weighted by Crippen LogP contribution is -2.34. The summed E-state index contributed by atoms with van der Waals surface area (Å²) in [6, 6.07) is 0.236. The summed E-state index contributed by atoms with van der Waals surface area (Å²) in [6.07, 6.45) is 0.642. The van der Waals surface area contributed by atoms with Crippen LogP contribution < -0.4 is 11.1 Å². The second kappa shape index (κ2) is 3.54. The van der Waals surface area contributed by atoms with E-state index in [1.807, 2.05) is 20.8 Å². The standard InChI is InChI=1S/C9H18N2O2/c1-9(2,3)13-8(12)11-7-4-6(7)5-10/h6-7H,4-5,10H2,1-3H3,(H,11,12)/t6-,7+/m0/s1. The highest BCUT2D eigenvalue weighted by atomic mass is 16.6. The molecule has 1 aliphatic carbocycles. The van der Waals surface area contributed by atoms with Crippen molar-refractivity contribution in [1.29, 1.82) is 0 Å². The summed E-state index contributed by atoms with van der Waals surface area (Å²) in [5.41, 5.74) is 5.02. The maximum atomic E-state index is 11.2. The minimum atomic E-state index is -0.419. The molecule has 0 bridgehead atoms. The Morgan fingerprint density at radius 2 is 2.23 bits per heavy atom. The van der Waals surface area contributed by atoms with Gasteiger partial charge in [-0.3, -0.25) is 0 Å². The fourth-order valence-electron chi connectivity index (χ4n) is 1.14. The average molecular weight is 186 g/mol. The van der Waals surface area contributed by atoms with Gasteiger partial charge in [0.25, 0.3) is 0 Å². The van der Waals surface area contributed by atoms with Crippen LogP contribution in [0.3, 0.4) is 0 Å². The van der Waals surface area contributed by atoms with Crippen LogP contribution in [0.5, 0.6) is 0 Å². The van der Waals surface area contributed by atoms with Crippen molar-refractivity contribution >= 4 is 6.09 Å². The fourth-order valence-corrected chi connectivity index (χ4v) is 1.14. The zero-order valence-corrected chi connectivity index (χ0v) is 8.46. The quantitative estimate of drug-likeness (QED) is 0.672. The van der Waals surface area contributed by atoms with Crippen molar-refractivity contribution in [3.8, 4) is 0 Å². The monoisotopic (exact) mass is 186 g/mol. The summed E-state index contributed by atoms with van der Waals surface area (Å²) in [6.45, 7) is 6.18. The Hall–Kier alpha value is -0.770. The van der Waals surface area contributed by atoms with E-state index in [9.17, 15) is 4.79 Å². The third-order valence-corrected chi connectivity index (χ3v) is 1.93. The molecule has 0 saturated heterocycles. The lowest BCUT2D eigenvalue weighted by Gasteiger charge is -2.19. The Morgan fingerprint density at radius 1 is 1.62 bits per heavy atom. The first-order valence-electron chi connectivity index (χ1n) is 4.62. The van der Waals surface area contributed by atoms with Crippen molar-refractivity contribution in [2.45, 2.75) is 38.8 Å². The summed E-state index contributed by atoms with van der Waals surface area (Å²) in [5.74, 6) is 0.451. The maximum Gasteiger partial charge on any atom is 0.407 e. The summed E-state index contributed by atoms with van der Waals surface area (Å²) in [4.78, 5) is 11.2. The molecular weight excluding hydrogens is 168 g/mol. The third kappa shape index (κ3) is 3.63. The normalized spacial score (nSPS) is 26.8. The molecule has 0 aromatic rings. The summed E-state index contributed by atoms with van der Waals surface area (Å²) < 4.78 is 5.09. The van der Waals surface area contributed by atoms with Crippen LogP contribution in [0.2, 0.25) is 0 Å². The van der Waals surface area contributed by atoms with E-state index >= 15 is 0 Å². The van der Waals surface area contributed by atoms with Crippen LogP contribution in [0.1, 0.15) is 27.2 Å². The van der Waals surface area contributed by atoms with E-state index in [4.69, 9.17) is 10.5 Å². The van der Waals surface area contributed by atoms with Crippen molar-refractivity contribution in [1.82, 2.24) is 5.32 Å². The first kappa shape index (κ1) is 10.3. The molecule has 1 amide bonds. The van der Waals surface area contributed by atoms with Crippen LogP contribution in [-0.4, -0.2) is 24.3 Å². The number of rotatable bonds is 2. The number of amides is 1. The van der Waals surface area contributed by atoms with E-state index < -0.39 is 5.60 Å². The predicted octanol–water partition coefficient (Wildman–Crippen LogP) is 0.858. The van der Waals surface area contributed by atoms with Gasteiger partial charge in [-0.15, -0.1) is 0 Å². The molecule has 0 spiro atoms. The number of hydrogen-bond donors (Lipinski definition) is 2. The second-order valence-corrected chi connectivity index (χ2v) is 4.48. The van der Waals surface area contributed by atoms with E-state index in [-0.39, 0.29) is 12.1 Å². The lowest BCUT2D eigenvalue weighted by atomic mass is 10.2. The Labute approximate surface area is 78.8 Å². The largest absolute Gasteiger partial charge is 0.444 e. The molecule has 0 radical (unpaired) electrons. The number of nitrogens with two attached hydrogens (primary N) is 1. The van der Waals surface area contributed by atoms with Gasteiger partial charge in [-0.05, 0) is 39.7 Å². The highest BCUT2D eigenvalue weighted by Crippen LogP contribution is 2.28. The van der Waals surface area contributed by atoms with E-state index in [1.165, 1.54) is 0 Å². The van der Waals surface area contributed by atoms with Gasteiger partial charge in [-0.1, -0.05) is 0 Å². The Bertz CT molecular complexity index is 198. The molecule has 1 saturated carbocycles. The third-order valence-electron chi connectivity index (χ3n) is 1.93. The number of alkyl carbamates (subject to hydrolysis) is 1. The van der Waals surface area contributed by atoms with Gasteiger partial charge in [0, 0.05) is 6.04 Å². The van der Waals surface area contributed by atoms with Crippen molar-refractivity contribution in [3.05, 3.63) is 0 Å². The summed E-state index contributed by atoms with van der Waals surface area (Å²) in [5, 5.41) is 2.77. The van der Waals surface area contributed by atoms with Gasteiger partial charge in [0.2, 0.25) is 0 Å². The van der Waals surface area contributed by atoms with Gasteiger partial charge in [-0.25, -0.2) is 4.79 Å². The molecule has 13 heavy (non-hydrogen) atoms. The number of carbonyl (C=O) groups excluding carboxylic acids is 1. The van der Waals surface area contributed by atoms with Crippen molar-refractivity contribution < 1.29 is 9.53 Å². The van der Waals surface area contributed by atoms with Gasteiger partial charge in [0.15, 0.2) is 0 Å². The number of carbonyl (C=O) groups is 1. The minimum Gasteiger partial charge on any atom is -0.444 e. The van der Waals surface area contributed by atoms with E-state index in [1.54, 1.807) is 0 Å². The smallest absolute Gasteiger partial charge is 0.407 e. The molecular formula is C9H18N2O2. The van der Waals surface area contributed by atoms with E-state index in [0.29, 0.717) is 12.5 Å². The Kier molecular flexibility index (Phi) is 2.81. The predicted molar refractivity (Wildman–Crippen MR) is 50.3 cm³/mol. The Balaban J connectivity index is 2.20. The van der Waals surface area contributed by atoms with Crippen LogP contribution in [0.4, 0.5) is 4.79 Å². The van der Waals surface area contributed by atoms with Crippen LogP contribution in [0.25, 0.3) is 0 Å². The molecule has 76 valence electrons. The molecule has 2 atom stereocenters. The van der Waals surface area contributed by atoms with Gasteiger partial charge in [0.05, 0.1) is 0 Å². The molecule has 1 fully saturated rings. The first-order chi connectivity index (χ1) is 5.92. The second-order valence-electron chi connectivity index (χ2n) is 4.48. The molecule has 0 aliphatic heterocycles. The zero-order chi connectivity index (χ0) is 10.1. The Morgan fingerprint density at radius 3 is 2.62 bits per heavy atom. The zero-order valence-electron chi connectivity index (χ0n) is 8.46. The molecule has 0 unspecified atom stereocenters. The SMILES string of the molecule is CC(C)(C)OC(=O)N[C@@H]1C[C@H]1CN. The highest BCUT2D eigenvalue weighted by Gasteiger charge is 2.37. The minimum absolute atomic E-state index is 0.236. The topological polar surface area (TPSA) is 64.3 Å². The van der Waals surface area contributed by atoms with Crippen LogP contribution in [-0.2, 0) is 4.74 Å². The van der Waals surface area contributed by atoms with E-state index in [0.717, 1.165) is 6.42 Å². The van der Waals surface area contributed by atoms with Gasteiger partial charge >= 0.3 is 6.09 Å². The highest BCUT2D eigenvalue weighted by molar-refractivity contribution is 5.68. The average Bonchev–Trinajstić information content (AvgIpc) is 2.62. The molecule has 1 rings (SSSR count). The molecule has 4 heteroatoms. The first-order valence-corrected chi connectivity index (χ1v) is 4.62. The fraction of sp³-hybridized carbons (Fsp3) is 0.889. The van der Waals surface area contributed by atoms with Crippen molar-refractivity contribution in [3.63, 3.8) is 0 Å². The molecule has 4 nitrogen and oxygen atoms in total. The maximum absolute atomic E-state index is 11.2. The molecule has 3 N–H and O–H groups in total. The summed E-state index contributed by atoms with van der Waals surface area (Å²) >= 11 is 0. The van der Waals surface area contributed by atoms with Crippen LogP contribution >= 0.6 is 0 Å². The van der Waals surface area contributed by atoms with E-state index in [2.05, 4.69) is 5.32 Å². The number of nitrogens with one attached hydrogen (secondary N) is 1. The molecule has 0 aromatic carbocycles. The number of hydrogen-bond acceptors (Lipinski definition) is 3. The molecule has 0 aromatic heterocycles. The summed E-state index contributed by atoms with van der Waals surface area (Å²) in [7, 11) is 0. The van der Waals surface area contributed by atoms with Crippen LogP contribution in [0.15, 0.2) is 0 Å².